The minimum atomic E-state index is -4.75. The van der Waals surface area contributed by atoms with E-state index in [1.807, 2.05) is 0 Å². The number of amides is 3. The molecule has 3 amide bonds. The molecule has 3 rings (SSSR count). The molecule has 1 N–H and O–H groups in total. The standard InChI is InChI=1S/C16H16F3N3O4/c1-20-12(23)7-22-11-6-21(15(25)26)5-9(11)8-3-2-4-10(16(17,18)19)13(8)14(22)24/h2-4,9,11H,5-7H2,1H3,(H,20,23)(H,25,26)/p-1. The minimum absolute atomic E-state index is 0.0984. The molecule has 7 nitrogen and oxygen atoms in total. The molecule has 0 radical (unpaired) electrons. The maximum atomic E-state index is 13.4. The average molecular weight is 370 g/mol. The highest BCUT2D eigenvalue weighted by Crippen LogP contribution is 2.43. The van der Waals surface area contributed by atoms with Crippen LogP contribution >= 0.6 is 0 Å². The van der Waals surface area contributed by atoms with Crippen LogP contribution < -0.4 is 10.4 Å². The number of rotatable bonds is 2. The molecule has 0 aliphatic carbocycles. The summed E-state index contributed by atoms with van der Waals surface area (Å²) >= 11 is 0. The summed E-state index contributed by atoms with van der Waals surface area (Å²) in [5.41, 5.74) is -1.47. The maximum absolute atomic E-state index is 13.4. The Morgan fingerprint density at radius 1 is 1.31 bits per heavy atom. The lowest BCUT2D eigenvalue weighted by Crippen LogP contribution is -2.52. The van der Waals surface area contributed by atoms with Crippen molar-refractivity contribution in [2.45, 2.75) is 18.1 Å². The largest absolute Gasteiger partial charge is 0.530 e. The number of halogens is 3. The summed E-state index contributed by atoms with van der Waals surface area (Å²) in [6.45, 7) is -0.673. The van der Waals surface area contributed by atoms with Crippen molar-refractivity contribution in [1.82, 2.24) is 15.1 Å². The van der Waals surface area contributed by atoms with E-state index in [9.17, 15) is 32.7 Å². The minimum Gasteiger partial charge on any atom is -0.530 e. The van der Waals surface area contributed by atoms with E-state index in [2.05, 4.69) is 5.32 Å². The predicted molar refractivity (Wildman–Crippen MR) is 80.0 cm³/mol. The van der Waals surface area contributed by atoms with Crippen molar-refractivity contribution in [3.63, 3.8) is 0 Å². The Balaban J connectivity index is 2.13. The second-order valence-electron chi connectivity index (χ2n) is 6.22. The van der Waals surface area contributed by atoms with E-state index in [0.717, 1.165) is 15.9 Å². The lowest BCUT2D eigenvalue weighted by Gasteiger charge is -2.38. The molecule has 1 fully saturated rings. The highest BCUT2D eigenvalue weighted by Gasteiger charge is 2.49. The number of nitrogens with zero attached hydrogens (tertiary/aromatic N) is 2. The topological polar surface area (TPSA) is 92.8 Å². The first kappa shape index (κ1) is 18.0. The van der Waals surface area contributed by atoms with Gasteiger partial charge in [0.25, 0.3) is 5.91 Å². The van der Waals surface area contributed by atoms with Gasteiger partial charge in [0.05, 0.1) is 17.2 Å². The van der Waals surface area contributed by atoms with Crippen molar-refractivity contribution in [3.8, 4) is 0 Å². The Bertz CT molecular complexity index is 780. The van der Waals surface area contributed by atoms with Crippen LogP contribution in [0.4, 0.5) is 18.0 Å². The van der Waals surface area contributed by atoms with Gasteiger partial charge in [-0.1, -0.05) is 12.1 Å². The van der Waals surface area contributed by atoms with E-state index in [-0.39, 0.29) is 18.7 Å². The summed E-state index contributed by atoms with van der Waals surface area (Å²) in [5.74, 6) is -2.15. The summed E-state index contributed by atoms with van der Waals surface area (Å²) in [6.07, 6.45) is -6.22. The van der Waals surface area contributed by atoms with Crippen LogP contribution in [0.3, 0.4) is 0 Å². The van der Waals surface area contributed by atoms with Gasteiger partial charge in [0.15, 0.2) is 0 Å². The van der Waals surface area contributed by atoms with Gasteiger partial charge >= 0.3 is 6.18 Å². The Hall–Kier alpha value is -2.78. The van der Waals surface area contributed by atoms with Gasteiger partial charge in [-0.15, -0.1) is 0 Å². The molecular formula is C16H15F3N3O4-. The molecule has 0 saturated carbocycles. The second-order valence-corrected chi connectivity index (χ2v) is 6.22. The molecule has 1 saturated heterocycles. The van der Waals surface area contributed by atoms with Crippen LogP contribution in [0, 0.1) is 0 Å². The zero-order valence-electron chi connectivity index (χ0n) is 13.7. The zero-order chi connectivity index (χ0) is 19.2. The smallest absolute Gasteiger partial charge is 0.417 e. The molecule has 26 heavy (non-hydrogen) atoms. The van der Waals surface area contributed by atoms with Gasteiger partial charge in [-0.05, 0) is 11.6 Å². The number of likely N-dealkylation sites (N-methyl/N-ethyl adjacent to an activating group) is 1. The third-order valence-corrected chi connectivity index (χ3v) is 4.82. The van der Waals surface area contributed by atoms with Gasteiger partial charge in [-0.3, -0.25) is 9.59 Å². The second kappa shape index (κ2) is 6.19. The molecule has 2 aliphatic heterocycles. The van der Waals surface area contributed by atoms with Crippen molar-refractivity contribution in [1.29, 1.82) is 0 Å². The van der Waals surface area contributed by atoms with E-state index in [1.165, 1.54) is 19.2 Å². The van der Waals surface area contributed by atoms with Crippen LogP contribution in [0.2, 0.25) is 0 Å². The SMILES string of the molecule is CNC(=O)CN1C(=O)c2c(cccc2C(F)(F)F)C2CN(C(=O)[O-])CC21. The van der Waals surface area contributed by atoms with Crippen molar-refractivity contribution in [3.05, 3.63) is 34.9 Å². The van der Waals surface area contributed by atoms with Gasteiger partial charge in [0.1, 0.15) is 12.6 Å². The van der Waals surface area contributed by atoms with E-state index in [0.29, 0.717) is 0 Å². The van der Waals surface area contributed by atoms with Crippen LogP contribution in [-0.2, 0) is 11.0 Å². The maximum Gasteiger partial charge on any atom is 0.417 e. The van der Waals surface area contributed by atoms with Gasteiger partial charge in [-0.25, -0.2) is 0 Å². The number of nitrogens with one attached hydrogen (secondary N) is 1. The fraction of sp³-hybridized carbons (Fsp3) is 0.438. The number of alkyl halides is 3. The zero-order valence-corrected chi connectivity index (χ0v) is 13.7. The number of hydrogen-bond acceptors (Lipinski definition) is 4. The Morgan fingerprint density at radius 3 is 2.58 bits per heavy atom. The lowest BCUT2D eigenvalue weighted by atomic mass is 9.82. The molecule has 2 atom stereocenters. The molecule has 0 bridgehead atoms. The molecule has 1 aromatic rings. The molecule has 1 aromatic carbocycles. The van der Waals surface area contributed by atoms with Crippen LogP contribution in [-0.4, -0.2) is 60.4 Å². The molecular weight excluding hydrogens is 355 g/mol. The first-order valence-corrected chi connectivity index (χ1v) is 7.82. The number of fused-ring (bicyclic) bond motifs is 3. The first-order chi connectivity index (χ1) is 12.1. The Labute approximate surface area is 146 Å². The number of hydrogen-bond donors (Lipinski definition) is 1. The molecule has 2 unspecified atom stereocenters. The highest BCUT2D eigenvalue weighted by atomic mass is 19.4. The predicted octanol–water partition coefficient (Wildman–Crippen LogP) is 0.0183. The highest BCUT2D eigenvalue weighted by molar-refractivity contribution is 6.01. The van der Waals surface area contributed by atoms with Crippen molar-refractivity contribution >= 4 is 17.9 Å². The van der Waals surface area contributed by atoms with Gasteiger partial charge in [-0.2, -0.15) is 13.2 Å². The van der Waals surface area contributed by atoms with E-state index in [1.54, 1.807) is 0 Å². The molecule has 0 spiro atoms. The fourth-order valence-corrected chi connectivity index (χ4v) is 3.63. The van der Waals surface area contributed by atoms with Gasteiger partial charge in [0, 0.05) is 26.1 Å². The molecule has 0 aromatic heterocycles. The van der Waals surface area contributed by atoms with Crippen LogP contribution in [0.25, 0.3) is 0 Å². The van der Waals surface area contributed by atoms with E-state index >= 15 is 0 Å². The summed E-state index contributed by atoms with van der Waals surface area (Å²) in [4.78, 5) is 37.7. The molecule has 2 aliphatic rings. The molecule has 2 heterocycles. The summed E-state index contributed by atoms with van der Waals surface area (Å²) in [6, 6.07) is 2.67. The monoisotopic (exact) mass is 370 g/mol. The van der Waals surface area contributed by atoms with E-state index < -0.39 is 53.7 Å². The van der Waals surface area contributed by atoms with Crippen LogP contribution in [0.15, 0.2) is 18.2 Å². The van der Waals surface area contributed by atoms with Gasteiger partial charge in [0.2, 0.25) is 5.91 Å². The van der Waals surface area contributed by atoms with Gasteiger partial charge < -0.3 is 25.0 Å². The normalized spacial score (nSPS) is 22.1. The average Bonchev–Trinajstić information content (AvgIpc) is 3.02. The third-order valence-electron chi connectivity index (χ3n) is 4.82. The number of carbonyl (C=O) groups is 3. The Morgan fingerprint density at radius 2 is 2.00 bits per heavy atom. The lowest BCUT2D eigenvalue weighted by molar-refractivity contribution is -0.264. The summed E-state index contributed by atoms with van der Waals surface area (Å²) in [7, 11) is 1.34. The fourth-order valence-electron chi connectivity index (χ4n) is 3.63. The summed E-state index contributed by atoms with van der Waals surface area (Å²) in [5, 5.41) is 13.5. The van der Waals surface area contributed by atoms with Crippen molar-refractivity contribution in [2.24, 2.45) is 0 Å². The van der Waals surface area contributed by atoms with Crippen LogP contribution in [0.1, 0.15) is 27.4 Å². The Kier molecular flexibility index (Phi) is 4.29. The van der Waals surface area contributed by atoms with Crippen molar-refractivity contribution < 1.29 is 32.7 Å². The first-order valence-electron chi connectivity index (χ1n) is 7.82. The number of likely N-dealkylation sites (tertiary alicyclic amines) is 1. The third kappa shape index (κ3) is 2.85. The number of carbonyl (C=O) groups excluding carboxylic acids is 3. The van der Waals surface area contributed by atoms with E-state index in [4.69, 9.17) is 0 Å². The quantitative estimate of drug-likeness (QED) is 0.794. The van der Waals surface area contributed by atoms with Crippen molar-refractivity contribution in [2.75, 3.05) is 26.7 Å². The molecule has 140 valence electrons. The summed E-state index contributed by atoms with van der Waals surface area (Å²) < 4.78 is 40.2. The number of benzene rings is 1. The van der Waals surface area contributed by atoms with Crippen LogP contribution in [0.5, 0.6) is 0 Å². The molecule has 10 heteroatoms. The number of carboxylic acid groups (broad SMARTS) is 1.